The molecule has 32 heavy (non-hydrogen) atoms. The number of carbonyl (C=O) groups excluding carboxylic acids is 2. The summed E-state index contributed by atoms with van der Waals surface area (Å²) in [6, 6.07) is 10.3. The van der Waals surface area contributed by atoms with E-state index < -0.39 is 34.8 Å². The standard InChI is InChI=1S/C23H20F3N3O3/c1-4-10-32-14-22(17-7-5-6-15(2)11-17)20(30)29(21(31)28(22)3)18-9-8-16(13-27)19(12-18)23(24,25)26/h4-9,11-12H,1,10,14H2,2-3H3. The molecule has 3 rings (SSSR count). The zero-order valence-electron chi connectivity index (χ0n) is 17.4. The van der Waals surface area contributed by atoms with Gasteiger partial charge in [0.1, 0.15) is 0 Å². The molecule has 1 aliphatic rings. The molecule has 0 aliphatic carbocycles. The fourth-order valence-electron chi connectivity index (χ4n) is 3.71. The minimum absolute atomic E-state index is 0.109. The highest BCUT2D eigenvalue weighted by Gasteiger charge is 2.58. The summed E-state index contributed by atoms with van der Waals surface area (Å²) in [5.74, 6) is -0.752. The number of benzene rings is 2. The van der Waals surface area contributed by atoms with Crippen LogP contribution < -0.4 is 4.90 Å². The van der Waals surface area contributed by atoms with Crippen LogP contribution >= 0.6 is 0 Å². The Labute approximate surface area is 183 Å². The van der Waals surface area contributed by atoms with Crippen molar-refractivity contribution in [1.82, 2.24) is 4.90 Å². The SMILES string of the molecule is C=CCOCC1(c2cccc(C)c2)C(=O)N(c2ccc(C#N)c(C(F)(F)F)c2)C(=O)N1C. The van der Waals surface area contributed by atoms with Crippen molar-refractivity contribution in [3.8, 4) is 6.07 Å². The maximum atomic E-state index is 13.7. The van der Waals surface area contributed by atoms with Crippen LogP contribution in [0.4, 0.5) is 23.7 Å². The second kappa shape index (κ2) is 8.48. The van der Waals surface area contributed by atoms with E-state index in [1.165, 1.54) is 24.1 Å². The molecule has 1 aliphatic heterocycles. The van der Waals surface area contributed by atoms with Gasteiger partial charge < -0.3 is 9.64 Å². The molecule has 0 saturated carbocycles. The van der Waals surface area contributed by atoms with Gasteiger partial charge in [0.25, 0.3) is 5.91 Å². The van der Waals surface area contributed by atoms with Crippen molar-refractivity contribution < 1.29 is 27.5 Å². The van der Waals surface area contributed by atoms with Gasteiger partial charge in [-0.2, -0.15) is 18.4 Å². The van der Waals surface area contributed by atoms with Gasteiger partial charge in [-0.05, 0) is 30.7 Å². The molecule has 166 valence electrons. The summed E-state index contributed by atoms with van der Waals surface area (Å²) in [4.78, 5) is 28.7. The van der Waals surface area contributed by atoms with Crippen LogP contribution in [0.25, 0.3) is 0 Å². The van der Waals surface area contributed by atoms with Gasteiger partial charge in [0.05, 0.1) is 36.1 Å². The Morgan fingerprint density at radius 2 is 1.94 bits per heavy atom. The maximum absolute atomic E-state index is 13.7. The zero-order valence-corrected chi connectivity index (χ0v) is 17.4. The Bertz CT molecular complexity index is 1120. The highest BCUT2D eigenvalue weighted by atomic mass is 19.4. The number of aryl methyl sites for hydroxylation is 1. The number of urea groups is 1. The third-order valence-electron chi connectivity index (χ3n) is 5.34. The lowest BCUT2D eigenvalue weighted by molar-refractivity contribution is -0.137. The molecular formula is C23H20F3N3O3. The summed E-state index contributed by atoms with van der Waals surface area (Å²) in [7, 11) is 1.40. The average molecular weight is 443 g/mol. The normalized spacial score (nSPS) is 18.8. The van der Waals surface area contributed by atoms with Crippen LogP contribution in [0, 0.1) is 18.3 Å². The molecule has 1 heterocycles. The van der Waals surface area contributed by atoms with Gasteiger partial charge in [-0.1, -0.05) is 35.9 Å². The van der Waals surface area contributed by atoms with Gasteiger partial charge in [-0.15, -0.1) is 6.58 Å². The molecule has 3 amide bonds. The third-order valence-corrected chi connectivity index (χ3v) is 5.34. The number of hydrogen-bond acceptors (Lipinski definition) is 4. The smallest absolute Gasteiger partial charge is 0.374 e. The van der Waals surface area contributed by atoms with Crippen LogP contribution in [0.1, 0.15) is 22.3 Å². The highest BCUT2D eigenvalue weighted by molar-refractivity contribution is 6.23. The molecule has 0 radical (unpaired) electrons. The predicted molar refractivity (Wildman–Crippen MR) is 111 cm³/mol. The summed E-state index contributed by atoms with van der Waals surface area (Å²) in [6.07, 6.45) is -3.35. The van der Waals surface area contributed by atoms with Crippen molar-refractivity contribution in [3.05, 3.63) is 77.4 Å². The summed E-state index contributed by atoms with van der Waals surface area (Å²) in [5.41, 5.74) is -2.40. The fourth-order valence-corrected chi connectivity index (χ4v) is 3.71. The number of anilines is 1. The lowest BCUT2D eigenvalue weighted by atomic mass is 9.88. The number of nitrogens with zero attached hydrogens (tertiary/aromatic N) is 3. The summed E-state index contributed by atoms with van der Waals surface area (Å²) < 4.78 is 46.0. The lowest BCUT2D eigenvalue weighted by Crippen LogP contribution is -2.49. The summed E-state index contributed by atoms with van der Waals surface area (Å²) in [5, 5.41) is 9.03. The average Bonchev–Trinajstić information content (AvgIpc) is 2.94. The van der Waals surface area contributed by atoms with E-state index in [4.69, 9.17) is 10.00 Å². The number of ether oxygens (including phenoxy) is 1. The fraction of sp³-hybridized carbons (Fsp3) is 0.261. The van der Waals surface area contributed by atoms with Crippen molar-refractivity contribution >= 4 is 17.6 Å². The molecular weight excluding hydrogens is 423 g/mol. The van der Waals surface area contributed by atoms with Gasteiger partial charge in [0.2, 0.25) is 0 Å². The minimum atomic E-state index is -4.83. The van der Waals surface area contributed by atoms with Crippen LogP contribution in [0.5, 0.6) is 0 Å². The van der Waals surface area contributed by atoms with Gasteiger partial charge in [-0.25, -0.2) is 9.69 Å². The number of amides is 3. The third kappa shape index (κ3) is 3.74. The molecule has 1 fully saturated rings. The van der Waals surface area contributed by atoms with Crippen molar-refractivity contribution in [1.29, 1.82) is 5.26 Å². The van der Waals surface area contributed by atoms with E-state index in [-0.39, 0.29) is 18.9 Å². The second-order valence-electron chi connectivity index (χ2n) is 7.36. The number of likely N-dealkylation sites (N-methyl/N-ethyl adjacent to an activating group) is 1. The topological polar surface area (TPSA) is 73.6 Å². The number of imide groups is 1. The lowest BCUT2D eigenvalue weighted by Gasteiger charge is -2.33. The van der Waals surface area contributed by atoms with Crippen LogP contribution in [-0.4, -0.2) is 37.1 Å². The number of carbonyl (C=O) groups is 2. The number of hydrogen-bond donors (Lipinski definition) is 0. The molecule has 6 nitrogen and oxygen atoms in total. The van der Waals surface area contributed by atoms with E-state index in [9.17, 15) is 22.8 Å². The van der Waals surface area contributed by atoms with Crippen LogP contribution in [0.3, 0.4) is 0 Å². The maximum Gasteiger partial charge on any atom is 0.417 e. The molecule has 0 aromatic heterocycles. The first-order chi connectivity index (χ1) is 15.1. The van der Waals surface area contributed by atoms with Gasteiger partial charge in [0, 0.05) is 7.05 Å². The van der Waals surface area contributed by atoms with E-state index in [1.54, 1.807) is 18.2 Å². The van der Waals surface area contributed by atoms with Crippen LogP contribution in [0.2, 0.25) is 0 Å². The highest BCUT2D eigenvalue weighted by Crippen LogP contribution is 2.41. The van der Waals surface area contributed by atoms with Crippen molar-refractivity contribution in [2.45, 2.75) is 18.6 Å². The van der Waals surface area contributed by atoms with Gasteiger partial charge in [-0.3, -0.25) is 4.79 Å². The Kier molecular flexibility index (Phi) is 6.10. The number of alkyl halides is 3. The van der Waals surface area contributed by atoms with E-state index in [1.807, 2.05) is 13.0 Å². The number of halogens is 3. The Hall–Kier alpha value is -3.64. The van der Waals surface area contributed by atoms with E-state index >= 15 is 0 Å². The van der Waals surface area contributed by atoms with Crippen molar-refractivity contribution in [2.24, 2.45) is 0 Å². The molecule has 0 bridgehead atoms. The Morgan fingerprint density at radius 3 is 2.53 bits per heavy atom. The number of rotatable bonds is 6. The quantitative estimate of drug-likeness (QED) is 0.377. The van der Waals surface area contributed by atoms with Crippen molar-refractivity contribution in [2.75, 3.05) is 25.2 Å². The first kappa shape index (κ1) is 23.0. The molecule has 0 N–H and O–H groups in total. The summed E-state index contributed by atoms with van der Waals surface area (Å²) >= 11 is 0. The second-order valence-corrected chi connectivity index (χ2v) is 7.36. The molecule has 1 unspecified atom stereocenters. The molecule has 2 aromatic carbocycles. The van der Waals surface area contributed by atoms with E-state index in [0.29, 0.717) is 16.5 Å². The monoisotopic (exact) mass is 443 g/mol. The van der Waals surface area contributed by atoms with E-state index in [2.05, 4.69) is 6.58 Å². The van der Waals surface area contributed by atoms with Gasteiger partial charge >= 0.3 is 12.2 Å². The first-order valence-electron chi connectivity index (χ1n) is 9.57. The molecule has 2 aromatic rings. The zero-order chi connectivity index (χ0) is 23.7. The molecule has 1 saturated heterocycles. The van der Waals surface area contributed by atoms with E-state index in [0.717, 1.165) is 17.7 Å². The van der Waals surface area contributed by atoms with Crippen LogP contribution in [-0.2, 0) is 21.2 Å². The van der Waals surface area contributed by atoms with Crippen LogP contribution in [0.15, 0.2) is 55.1 Å². The largest absolute Gasteiger partial charge is 0.417 e. The Morgan fingerprint density at radius 1 is 1.22 bits per heavy atom. The Balaban J connectivity index is 2.17. The molecule has 1 atom stereocenters. The van der Waals surface area contributed by atoms with Crippen molar-refractivity contribution in [3.63, 3.8) is 0 Å². The number of nitriles is 1. The molecule has 9 heteroatoms. The molecule has 0 spiro atoms. The predicted octanol–water partition coefficient (Wildman–Crippen LogP) is 4.38. The minimum Gasteiger partial charge on any atom is -0.374 e. The first-order valence-corrected chi connectivity index (χ1v) is 9.57. The summed E-state index contributed by atoms with van der Waals surface area (Å²) in [6.45, 7) is 5.27. The van der Waals surface area contributed by atoms with Gasteiger partial charge in [0.15, 0.2) is 5.54 Å².